The molecule has 2 aliphatic heterocycles. The summed E-state index contributed by atoms with van der Waals surface area (Å²) in [6.45, 7) is 2.03. The van der Waals surface area contributed by atoms with Gasteiger partial charge in [-0.05, 0) is 56.0 Å². The molecule has 1 N–H and O–H groups in total. The average molecular weight is 515 g/mol. The van der Waals surface area contributed by atoms with Gasteiger partial charge in [0.15, 0.2) is 11.5 Å². The third-order valence-corrected chi connectivity index (χ3v) is 8.43. The molecular weight excluding hydrogens is 484 g/mol. The van der Waals surface area contributed by atoms with Crippen molar-refractivity contribution in [1.29, 1.82) is 0 Å². The largest absolute Gasteiger partial charge is 0.493 e. The van der Waals surface area contributed by atoms with E-state index in [2.05, 4.69) is 11.4 Å². The van der Waals surface area contributed by atoms with Crippen molar-refractivity contribution < 1.29 is 17.9 Å². The lowest BCUT2D eigenvalue weighted by Crippen LogP contribution is -2.36. The van der Waals surface area contributed by atoms with E-state index < -0.39 is 10.0 Å². The number of unbranched alkanes of at least 4 members (excludes halogenated alkanes) is 1. The number of nitrogens with one attached hydrogen (secondary N) is 1. The summed E-state index contributed by atoms with van der Waals surface area (Å²) in [6, 6.07) is 21.0. The number of fused-ring (bicyclic) bond motifs is 4. The first kappa shape index (κ1) is 25.4. The molecule has 0 aromatic heterocycles. The van der Waals surface area contributed by atoms with E-state index in [1.165, 1.54) is 5.56 Å². The summed E-state index contributed by atoms with van der Waals surface area (Å²) in [5.74, 6) is 1.64. The third kappa shape index (κ3) is 4.99. The van der Waals surface area contributed by atoms with Crippen LogP contribution in [0, 0.1) is 0 Å². The van der Waals surface area contributed by atoms with Crippen LogP contribution in [0.15, 0.2) is 71.6 Å². The minimum absolute atomic E-state index is 0. The van der Waals surface area contributed by atoms with E-state index in [9.17, 15) is 8.42 Å². The standard InChI is InChI=1S/C27H30N2O4S.ClH/c1-32-25-13-8-9-20-15-16-21(33-27(20)25)19-28-17-6-7-18-29-24-12-4-2-10-22(24)23-11-3-5-14-26(23)34(29,30)31;/h2-5,8-14,21,28H,6-7,15-19H2,1H3;1H. The van der Waals surface area contributed by atoms with Crippen molar-refractivity contribution in [2.75, 3.05) is 31.0 Å². The Labute approximate surface area is 213 Å². The lowest BCUT2D eigenvalue weighted by Gasteiger charge is -2.32. The van der Waals surface area contributed by atoms with Gasteiger partial charge in [0.1, 0.15) is 6.10 Å². The highest BCUT2D eigenvalue weighted by Gasteiger charge is 2.34. The SMILES string of the molecule is COc1cccc2c1OC(CNCCCCN1c3ccccc3-c3ccccc3S1(=O)=O)CC2.Cl. The molecule has 0 radical (unpaired) electrons. The number of rotatable bonds is 8. The van der Waals surface area contributed by atoms with Crippen LogP contribution in [0.4, 0.5) is 5.69 Å². The van der Waals surface area contributed by atoms with Crippen molar-refractivity contribution in [3.63, 3.8) is 0 Å². The molecule has 5 rings (SSSR count). The number of ether oxygens (including phenoxy) is 2. The molecule has 6 nitrogen and oxygen atoms in total. The number of halogens is 1. The van der Waals surface area contributed by atoms with Crippen molar-refractivity contribution >= 4 is 28.1 Å². The summed E-state index contributed by atoms with van der Waals surface area (Å²) >= 11 is 0. The number of hydrogen-bond acceptors (Lipinski definition) is 5. The highest BCUT2D eigenvalue weighted by molar-refractivity contribution is 7.93. The molecule has 0 saturated carbocycles. The monoisotopic (exact) mass is 514 g/mol. The van der Waals surface area contributed by atoms with E-state index in [-0.39, 0.29) is 18.5 Å². The fraction of sp³-hybridized carbons (Fsp3) is 0.333. The lowest BCUT2D eigenvalue weighted by atomic mass is 10.0. The Morgan fingerprint density at radius 3 is 2.60 bits per heavy atom. The Morgan fingerprint density at radius 2 is 1.77 bits per heavy atom. The Kier molecular flexibility index (Phi) is 7.89. The van der Waals surface area contributed by atoms with Crippen LogP contribution in [0.1, 0.15) is 24.8 Å². The van der Waals surface area contributed by atoms with Gasteiger partial charge < -0.3 is 14.8 Å². The molecule has 0 amide bonds. The van der Waals surface area contributed by atoms with E-state index in [0.717, 1.165) is 67.1 Å². The second-order valence-corrected chi connectivity index (χ2v) is 10.6. The molecular formula is C27H31ClN2O4S. The first-order valence-corrected chi connectivity index (χ1v) is 13.3. The van der Waals surface area contributed by atoms with Gasteiger partial charge in [-0.15, -0.1) is 12.4 Å². The summed E-state index contributed by atoms with van der Waals surface area (Å²) in [5.41, 5.74) is 3.70. The number of aryl methyl sites for hydroxylation is 1. The summed E-state index contributed by atoms with van der Waals surface area (Å²) in [4.78, 5) is 0.386. The normalized spacial score (nSPS) is 17.3. The maximum Gasteiger partial charge on any atom is 0.264 e. The van der Waals surface area contributed by atoms with E-state index in [0.29, 0.717) is 11.4 Å². The van der Waals surface area contributed by atoms with Crippen LogP contribution in [0.5, 0.6) is 11.5 Å². The van der Waals surface area contributed by atoms with Crippen molar-refractivity contribution in [3.05, 3.63) is 72.3 Å². The first-order valence-electron chi connectivity index (χ1n) is 11.8. The number of methoxy groups -OCH3 is 1. The van der Waals surface area contributed by atoms with Gasteiger partial charge in [0.2, 0.25) is 0 Å². The highest BCUT2D eigenvalue weighted by atomic mass is 35.5. The van der Waals surface area contributed by atoms with Gasteiger partial charge in [0.05, 0.1) is 17.7 Å². The smallest absolute Gasteiger partial charge is 0.264 e. The zero-order valence-corrected chi connectivity index (χ0v) is 21.4. The van der Waals surface area contributed by atoms with Gasteiger partial charge in [-0.1, -0.05) is 48.5 Å². The van der Waals surface area contributed by atoms with Crippen LogP contribution in [0.3, 0.4) is 0 Å². The van der Waals surface area contributed by atoms with Crippen LogP contribution in [0.2, 0.25) is 0 Å². The summed E-state index contributed by atoms with van der Waals surface area (Å²) < 4.78 is 39.8. The van der Waals surface area contributed by atoms with E-state index in [1.807, 2.05) is 48.5 Å². The number of para-hydroxylation sites is 2. The van der Waals surface area contributed by atoms with Crippen molar-refractivity contribution in [2.45, 2.75) is 36.7 Å². The van der Waals surface area contributed by atoms with Crippen LogP contribution in [-0.2, 0) is 16.4 Å². The quantitative estimate of drug-likeness (QED) is 0.426. The second-order valence-electron chi connectivity index (χ2n) is 8.73. The maximum absolute atomic E-state index is 13.3. The van der Waals surface area contributed by atoms with Gasteiger partial charge >= 0.3 is 0 Å². The predicted octanol–water partition coefficient (Wildman–Crippen LogP) is 5.06. The number of benzene rings is 3. The molecule has 0 aliphatic carbocycles. The third-order valence-electron chi connectivity index (χ3n) is 6.56. The van der Waals surface area contributed by atoms with Crippen molar-refractivity contribution in [2.24, 2.45) is 0 Å². The molecule has 35 heavy (non-hydrogen) atoms. The summed E-state index contributed by atoms with van der Waals surface area (Å²) in [7, 11) is -1.89. The number of sulfonamides is 1. The summed E-state index contributed by atoms with van der Waals surface area (Å²) in [6.07, 6.45) is 3.70. The second kappa shape index (κ2) is 10.9. The molecule has 186 valence electrons. The zero-order chi connectivity index (χ0) is 23.5. The molecule has 0 spiro atoms. The first-order chi connectivity index (χ1) is 16.6. The zero-order valence-electron chi connectivity index (χ0n) is 19.8. The molecule has 2 heterocycles. The molecule has 3 aromatic carbocycles. The molecule has 2 aliphatic rings. The van der Waals surface area contributed by atoms with Crippen LogP contribution in [0.25, 0.3) is 11.1 Å². The van der Waals surface area contributed by atoms with Crippen molar-refractivity contribution in [1.82, 2.24) is 5.32 Å². The molecule has 3 aromatic rings. The Bertz CT molecular complexity index is 1270. The van der Waals surface area contributed by atoms with E-state index in [1.54, 1.807) is 23.5 Å². The van der Waals surface area contributed by atoms with Crippen LogP contribution >= 0.6 is 12.4 Å². The van der Waals surface area contributed by atoms with Gasteiger partial charge in [0, 0.05) is 24.2 Å². The predicted molar refractivity (Wildman–Crippen MR) is 141 cm³/mol. The van der Waals surface area contributed by atoms with Gasteiger partial charge in [0.25, 0.3) is 10.0 Å². The lowest BCUT2D eigenvalue weighted by molar-refractivity contribution is 0.163. The molecule has 8 heteroatoms. The topological polar surface area (TPSA) is 67.9 Å². The highest BCUT2D eigenvalue weighted by Crippen LogP contribution is 2.42. The van der Waals surface area contributed by atoms with Gasteiger partial charge in [-0.25, -0.2) is 8.42 Å². The Balaban J connectivity index is 0.00000289. The number of nitrogens with zero attached hydrogens (tertiary/aromatic N) is 1. The fourth-order valence-electron chi connectivity index (χ4n) is 4.83. The number of anilines is 1. The van der Waals surface area contributed by atoms with Gasteiger partial charge in [-0.2, -0.15) is 0 Å². The van der Waals surface area contributed by atoms with Crippen LogP contribution < -0.4 is 19.1 Å². The molecule has 1 unspecified atom stereocenters. The van der Waals surface area contributed by atoms with E-state index in [4.69, 9.17) is 9.47 Å². The minimum Gasteiger partial charge on any atom is -0.493 e. The summed E-state index contributed by atoms with van der Waals surface area (Å²) in [5, 5.41) is 3.48. The van der Waals surface area contributed by atoms with Crippen molar-refractivity contribution in [3.8, 4) is 22.6 Å². The minimum atomic E-state index is -3.56. The molecule has 1 atom stereocenters. The molecule has 0 bridgehead atoms. The Morgan fingerprint density at radius 1 is 1.00 bits per heavy atom. The van der Waals surface area contributed by atoms with Gasteiger partial charge in [-0.3, -0.25) is 4.31 Å². The molecule has 0 fully saturated rings. The van der Waals surface area contributed by atoms with E-state index >= 15 is 0 Å². The maximum atomic E-state index is 13.3. The van der Waals surface area contributed by atoms with Crippen LogP contribution in [-0.4, -0.2) is 41.3 Å². The molecule has 0 saturated heterocycles. The Hall–Kier alpha value is -2.74. The fourth-order valence-corrected chi connectivity index (χ4v) is 6.56. The number of hydrogen-bond donors (Lipinski definition) is 1. The average Bonchev–Trinajstić information content (AvgIpc) is 2.87.